The molecule has 2 rings (SSSR count). The van der Waals surface area contributed by atoms with E-state index in [1.54, 1.807) is 0 Å². The summed E-state index contributed by atoms with van der Waals surface area (Å²) in [4.78, 5) is 12.3. The summed E-state index contributed by atoms with van der Waals surface area (Å²) < 4.78 is 1.95. The first-order valence-electron chi connectivity index (χ1n) is 6.43. The van der Waals surface area contributed by atoms with E-state index in [2.05, 4.69) is 43.8 Å². The van der Waals surface area contributed by atoms with Crippen molar-refractivity contribution < 1.29 is 4.79 Å². The fraction of sp³-hybridized carbons (Fsp3) is 0.500. The van der Waals surface area contributed by atoms with Gasteiger partial charge in [-0.25, -0.2) is 0 Å². The molecule has 0 bridgehead atoms. The summed E-state index contributed by atoms with van der Waals surface area (Å²) in [6.07, 6.45) is 7.32. The molecule has 0 unspecified atom stereocenters. The number of amides is 1. The highest BCUT2D eigenvalue weighted by atomic mass is 127. The number of nitrogens with one attached hydrogen (secondary N) is 1. The third-order valence-corrected chi connectivity index (χ3v) is 4.73. The fourth-order valence-electron chi connectivity index (χ4n) is 2.36. The predicted molar refractivity (Wildman–Crippen MR) is 85.8 cm³/mol. The van der Waals surface area contributed by atoms with Gasteiger partial charge in [0.25, 0.3) is 5.91 Å². The van der Waals surface area contributed by atoms with Crippen molar-refractivity contribution in [3.63, 3.8) is 0 Å². The highest BCUT2D eigenvalue weighted by Gasteiger charge is 2.17. The molecule has 1 N–H and O–H groups in total. The highest BCUT2D eigenvalue weighted by Crippen LogP contribution is 2.21. The minimum atomic E-state index is 0.0484. The van der Waals surface area contributed by atoms with Crippen LogP contribution in [0.3, 0.4) is 0 Å². The zero-order valence-electron chi connectivity index (χ0n) is 10.2. The van der Waals surface area contributed by atoms with Gasteiger partial charge in [-0.15, -0.1) is 0 Å². The largest absolute Gasteiger partial charge is 0.349 e. The molecule has 1 aromatic rings. The van der Waals surface area contributed by atoms with Crippen LogP contribution in [-0.2, 0) is 0 Å². The second kappa shape index (κ2) is 6.89. The summed E-state index contributed by atoms with van der Waals surface area (Å²) in [5, 5.41) is 3.17. The minimum absolute atomic E-state index is 0.0484. The molecule has 1 aromatic carbocycles. The van der Waals surface area contributed by atoms with Gasteiger partial charge in [-0.3, -0.25) is 4.79 Å². The Morgan fingerprint density at radius 1 is 1.22 bits per heavy atom. The van der Waals surface area contributed by atoms with Crippen LogP contribution in [0.25, 0.3) is 0 Å². The molecule has 0 atom stereocenters. The van der Waals surface area contributed by atoms with Crippen molar-refractivity contribution in [2.45, 2.75) is 44.6 Å². The van der Waals surface area contributed by atoms with Crippen LogP contribution in [0, 0.1) is 3.57 Å². The average molecular weight is 422 g/mol. The van der Waals surface area contributed by atoms with Gasteiger partial charge in [0.05, 0.1) is 5.56 Å². The molecule has 1 fully saturated rings. The first kappa shape index (κ1) is 14.3. The summed E-state index contributed by atoms with van der Waals surface area (Å²) in [5.74, 6) is 0.0484. The number of carbonyl (C=O) groups excluding carboxylic acids is 1. The molecule has 1 saturated carbocycles. The van der Waals surface area contributed by atoms with Crippen LogP contribution in [0.1, 0.15) is 48.9 Å². The van der Waals surface area contributed by atoms with Gasteiger partial charge in [-0.05, 0) is 69.6 Å². The van der Waals surface area contributed by atoms with Crippen molar-refractivity contribution >= 4 is 44.4 Å². The Morgan fingerprint density at radius 2 is 1.89 bits per heavy atom. The number of carbonyl (C=O) groups is 1. The molecular formula is C14H17BrINO. The lowest BCUT2D eigenvalue weighted by atomic mass is 10.1. The monoisotopic (exact) mass is 421 g/mol. The zero-order chi connectivity index (χ0) is 13.0. The molecule has 0 heterocycles. The lowest BCUT2D eigenvalue weighted by Crippen LogP contribution is -2.34. The van der Waals surface area contributed by atoms with E-state index in [0.717, 1.165) is 26.4 Å². The molecular weight excluding hydrogens is 405 g/mol. The van der Waals surface area contributed by atoms with Crippen molar-refractivity contribution in [3.05, 3.63) is 31.8 Å². The van der Waals surface area contributed by atoms with Crippen molar-refractivity contribution in [1.82, 2.24) is 5.32 Å². The van der Waals surface area contributed by atoms with Crippen molar-refractivity contribution in [2.24, 2.45) is 0 Å². The van der Waals surface area contributed by atoms with E-state index in [4.69, 9.17) is 0 Å². The molecule has 98 valence electrons. The van der Waals surface area contributed by atoms with Crippen LogP contribution < -0.4 is 5.32 Å². The summed E-state index contributed by atoms with van der Waals surface area (Å²) in [6.45, 7) is 0. The molecule has 0 saturated heterocycles. The molecule has 1 amide bonds. The van der Waals surface area contributed by atoms with Gasteiger partial charge in [-0.2, -0.15) is 0 Å². The van der Waals surface area contributed by atoms with Crippen LogP contribution in [0.2, 0.25) is 0 Å². The van der Waals surface area contributed by atoms with Gasteiger partial charge in [-0.1, -0.05) is 25.7 Å². The average Bonchev–Trinajstić information content (AvgIpc) is 2.61. The standard InChI is InChI=1S/C14H17BrINO/c15-13-8-7-10(16)9-12(13)14(18)17-11-5-3-1-2-4-6-11/h7-9,11H,1-6H2,(H,17,18). The number of benzene rings is 1. The van der Waals surface area contributed by atoms with Gasteiger partial charge in [0.15, 0.2) is 0 Å². The van der Waals surface area contributed by atoms with Gasteiger partial charge in [0.2, 0.25) is 0 Å². The van der Waals surface area contributed by atoms with Crippen LogP contribution in [-0.4, -0.2) is 11.9 Å². The van der Waals surface area contributed by atoms with E-state index in [1.165, 1.54) is 25.7 Å². The van der Waals surface area contributed by atoms with E-state index in [9.17, 15) is 4.79 Å². The minimum Gasteiger partial charge on any atom is -0.349 e. The number of halogens is 2. The summed E-state index contributed by atoms with van der Waals surface area (Å²) in [5.41, 5.74) is 0.742. The van der Waals surface area contributed by atoms with Gasteiger partial charge in [0, 0.05) is 14.1 Å². The number of rotatable bonds is 2. The van der Waals surface area contributed by atoms with Gasteiger partial charge >= 0.3 is 0 Å². The molecule has 0 radical (unpaired) electrons. The maximum absolute atomic E-state index is 12.3. The molecule has 1 aliphatic rings. The molecule has 0 spiro atoms. The maximum atomic E-state index is 12.3. The van der Waals surface area contributed by atoms with Crippen LogP contribution in [0.15, 0.2) is 22.7 Å². The Balaban J connectivity index is 2.04. The highest BCUT2D eigenvalue weighted by molar-refractivity contribution is 14.1. The zero-order valence-corrected chi connectivity index (χ0v) is 14.0. The Morgan fingerprint density at radius 3 is 2.56 bits per heavy atom. The van der Waals surface area contributed by atoms with Crippen molar-refractivity contribution in [3.8, 4) is 0 Å². The van der Waals surface area contributed by atoms with Crippen molar-refractivity contribution in [1.29, 1.82) is 0 Å². The molecule has 18 heavy (non-hydrogen) atoms. The lowest BCUT2D eigenvalue weighted by Gasteiger charge is -2.16. The van der Waals surface area contributed by atoms with E-state index in [0.29, 0.717) is 6.04 Å². The summed E-state index contributed by atoms with van der Waals surface area (Å²) in [6, 6.07) is 6.21. The molecule has 1 aliphatic carbocycles. The van der Waals surface area contributed by atoms with Crippen molar-refractivity contribution in [2.75, 3.05) is 0 Å². The topological polar surface area (TPSA) is 29.1 Å². The Bertz CT molecular complexity index is 428. The lowest BCUT2D eigenvalue weighted by molar-refractivity contribution is 0.0932. The molecule has 0 aromatic heterocycles. The fourth-order valence-corrected chi connectivity index (χ4v) is 3.28. The second-order valence-electron chi connectivity index (χ2n) is 4.79. The first-order chi connectivity index (χ1) is 8.66. The normalized spacial score (nSPS) is 17.2. The Hall–Kier alpha value is -0.100. The summed E-state index contributed by atoms with van der Waals surface area (Å²) in [7, 11) is 0. The Labute approximate surface area is 130 Å². The maximum Gasteiger partial charge on any atom is 0.252 e. The number of hydrogen-bond donors (Lipinski definition) is 1. The van der Waals surface area contributed by atoms with Gasteiger partial charge < -0.3 is 5.32 Å². The van der Waals surface area contributed by atoms with Gasteiger partial charge in [0.1, 0.15) is 0 Å². The van der Waals surface area contributed by atoms with E-state index >= 15 is 0 Å². The SMILES string of the molecule is O=C(NC1CCCCCC1)c1cc(I)ccc1Br. The summed E-state index contributed by atoms with van der Waals surface area (Å²) >= 11 is 5.68. The first-order valence-corrected chi connectivity index (χ1v) is 8.30. The smallest absolute Gasteiger partial charge is 0.252 e. The Kier molecular flexibility index (Phi) is 5.48. The van der Waals surface area contributed by atoms with E-state index < -0.39 is 0 Å². The molecule has 0 aliphatic heterocycles. The van der Waals surface area contributed by atoms with E-state index in [-0.39, 0.29) is 5.91 Å². The molecule has 2 nitrogen and oxygen atoms in total. The third kappa shape index (κ3) is 3.95. The second-order valence-corrected chi connectivity index (χ2v) is 6.89. The van der Waals surface area contributed by atoms with Crippen LogP contribution in [0.4, 0.5) is 0 Å². The number of hydrogen-bond acceptors (Lipinski definition) is 1. The third-order valence-electron chi connectivity index (χ3n) is 3.36. The quantitative estimate of drug-likeness (QED) is 0.552. The van der Waals surface area contributed by atoms with Crippen LogP contribution >= 0.6 is 38.5 Å². The molecule has 4 heteroatoms. The van der Waals surface area contributed by atoms with E-state index in [1.807, 2.05) is 18.2 Å². The van der Waals surface area contributed by atoms with Crippen LogP contribution in [0.5, 0.6) is 0 Å². The predicted octanol–water partition coefficient (Wildman–Crippen LogP) is 4.51.